The van der Waals surface area contributed by atoms with Crippen LogP contribution in [0.15, 0.2) is 23.1 Å². The molecule has 1 unspecified atom stereocenters. The van der Waals surface area contributed by atoms with Crippen molar-refractivity contribution in [3.05, 3.63) is 28.7 Å². The van der Waals surface area contributed by atoms with E-state index in [2.05, 4.69) is 5.10 Å². The minimum Gasteiger partial charge on any atom is -0.339 e. The molecule has 7 nitrogen and oxygen atoms in total. The maximum absolute atomic E-state index is 12.4. The summed E-state index contributed by atoms with van der Waals surface area (Å²) < 4.78 is 1.18. The lowest BCUT2D eigenvalue weighted by molar-refractivity contribution is -0.140. The Labute approximate surface area is 116 Å². The lowest BCUT2D eigenvalue weighted by Gasteiger charge is -2.35. The fourth-order valence-corrected chi connectivity index (χ4v) is 2.27. The third-order valence-corrected chi connectivity index (χ3v) is 3.50. The Morgan fingerprint density at radius 1 is 1.20 bits per heavy atom. The van der Waals surface area contributed by atoms with E-state index in [-0.39, 0.29) is 17.4 Å². The normalized spacial score (nSPS) is 16.9. The highest BCUT2D eigenvalue weighted by atomic mass is 16.2. The Bertz CT molecular complexity index is 561. The van der Waals surface area contributed by atoms with E-state index in [9.17, 15) is 14.4 Å². The molecule has 1 aromatic rings. The zero-order valence-corrected chi connectivity index (χ0v) is 11.7. The molecular weight excluding hydrogens is 260 g/mol. The summed E-state index contributed by atoms with van der Waals surface area (Å²) in [6, 6.07) is 2.29. The van der Waals surface area contributed by atoms with Gasteiger partial charge in [-0.15, -0.1) is 0 Å². The van der Waals surface area contributed by atoms with Gasteiger partial charge in [0.05, 0.1) is 0 Å². The quantitative estimate of drug-likeness (QED) is 0.730. The molecule has 1 atom stereocenters. The van der Waals surface area contributed by atoms with Crippen molar-refractivity contribution in [1.29, 1.82) is 0 Å². The number of carbonyl (C=O) groups is 2. The molecule has 1 fully saturated rings. The van der Waals surface area contributed by atoms with E-state index in [4.69, 9.17) is 0 Å². The number of nitrogens with zero attached hydrogens (tertiary/aromatic N) is 4. The Morgan fingerprint density at radius 2 is 1.80 bits per heavy atom. The first kappa shape index (κ1) is 14.2. The molecule has 0 N–H and O–H groups in total. The average molecular weight is 278 g/mol. The van der Waals surface area contributed by atoms with Crippen LogP contribution in [-0.2, 0) is 9.59 Å². The van der Waals surface area contributed by atoms with E-state index in [1.807, 2.05) is 0 Å². The lowest BCUT2D eigenvalue weighted by atomic mass is 10.2. The topological polar surface area (TPSA) is 75.5 Å². The van der Waals surface area contributed by atoms with Gasteiger partial charge < -0.3 is 9.80 Å². The van der Waals surface area contributed by atoms with Crippen molar-refractivity contribution < 1.29 is 9.59 Å². The minimum absolute atomic E-state index is 0.0195. The fourth-order valence-electron chi connectivity index (χ4n) is 2.27. The van der Waals surface area contributed by atoms with Gasteiger partial charge in [-0.25, -0.2) is 4.68 Å². The standard InChI is InChI=1S/C13H18N4O3/c1-10(17-12(19)4-3-5-14-17)13(20)16-8-6-15(7-9-16)11(2)18/h3-5,10H,6-9H2,1-2H3. The van der Waals surface area contributed by atoms with Crippen LogP contribution < -0.4 is 5.56 Å². The van der Waals surface area contributed by atoms with E-state index in [1.165, 1.54) is 23.9 Å². The highest BCUT2D eigenvalue weighted by Crippen LogP contribution is 2.10. The van der Waals surface area contributed by atoms with Gasteiger partial charge in [0.2, 0.25) is 11.8 Å². The molecular formula is C13H18N4O3. The second-order valence-corrected chi connectivity index (χ2v) is 4.81. The summed E-state index contributed by atoms with van der Waals surface area (Å²) in [6.07, 6.45) is 1.48. The molecule has 1 saturated heterocycles. The maximum atomic E-state index is 12.4. The van der Waals surface area contributed by atoms with Gasteiger partial charge in [0.15, 0.2) is 0 Å². The second kappa shape index (κ2) is 5.85. The van der Waals surface area contributed by atoms with Crippen LogP contribution >= 0.6 is 0 Å². The second-order valence-electron chi connectivity index (χ2n) is 4.81. The summed E-state index contributed by atoms with van der Waals surface area (Å²) in [7, 11) is 0. The molecule has 108 valence electrons. The number of hydrogen-bond acceptors (Lipinski definition) is 4. The molecule has 2 rings (SSSR count). The molecule has 2 amide bonds. The molecule has 0 aliphatic carbocycles. The van der Waals surface area contributed by atoms with Crippen LogP contribution in [0.4, 0.5) is 0 Å². The zero-order valence-electron chi connectivity index (χ0n) is 11.7. The van der Waals surface area contributed by atoms with Gasteiger partial charge in [-0.2, -0.15) is 5.10 Å². The molecule has 0 bridgehead atoms. The SMILES string of the molecule is CC(=O)N1CCN(C(=O)C(C)n2ncccc2=O)CC1. The van der Waals surface area contributed by atoms with E-state index < -0.39 is 6.04 Å². The smallest absolute Gasteiger partial charge is 0.267 e. The summed E-state index contributed by atoms with van der Waals surface area (Å²) >= 11 is 0. The van der Waals surface area contributed by atoms with Crippen molar-refractivity contribution in [2.75, 3.05) is 26.2 Å². The van der Waals surface area contributed by atoms with Crippen LogP contribution in [0.3, 0.4) is 0 Å². The van der Waals surface area contributed by atoms with E-state index >= 15 is 0 Å². The summed E-state index contributed by atoms with van der Waals surface area (Å²) in [5.74, 6) is -0.125. The van der Waals surface area contributed by atoms with E-state index in [0.717, 1.165) is 0 Å². The minimum atomic E-state index is -0.632. The van der Waals surface area contributed by atoms with Gasteiger partial charge in [0, 0.05) is 45.4 Å². The van der Waals surface area contributed by atoms with Crippen molar-refractivity contribution in [3.8, 4) is 0 Å². The Kier molecular flexibility index (Phi) is 4.16. The molecule has 1 aromatic heterocycles. The van der Waals surface area contributed by atoms with Crippen LogP contribution in [0.1, 0.15) is 19.9 Å². The molecule has 1 aliphatic heterocycles. The van der Waals surface area contributed by atoms with Gasteiger partial charge >= 0.3 is 0 Å². The number of hydrogen-bond donors (Lipinski definition) is 0. The predicted octanol–water partition coefficient (Wildman–Crippen LogP) is -0.505. The van der Waals surface area contributed by atoms with Gasteiger partial charge in [0.1, 0.15) is 6.04 Å². The number of rotatable bonds is 2. The van der Waals surface area contributed by atoms with Gasteiger partial charge in [0.25, 0.3) is 5.56 Å². The number of carbonyl (C=O) groups excluding carboxylic acids is 2. The highest BCUT2D eigenvalue weighted by molar-refractivity contribution is 5.80. The number of piperazine rings is 1. The monoisotopic (exact) mass is 278 g/mol. The van der Waals surface area contributed by atoms with Gasteiger partial charge in [-0.05, 0) is 13.0 Å². The van der Waals surface area contributed by atoms with Crippen LogP contribution in [0.2, 0.25) is 0 Å². The van der Waals surface area contributed by atoms with E-state index in [0.29, 0.717) is 26.2 Å². The molecule has 20 heavy (non-hydrogen) atoms. The van der Waals surface area contributed by atoms with Crippen molar-refractivity contribution in [2.45, 2.75) is 19.9 Å². The van der Waals surface area contributed by atoms with E-state index in [1.54, 1.807) is 22.8 Å². The van der Waals surface area contributed by atoms with Gasteiger partial charge in [-0.1, -0.05) is 0 Å². The summed E-state index contributed by atoms with van der Waals surface area (Å²) in [4.78, 5) is 38.6. The molecule has 1 aliphatic rings. The average Bonchev–Trinajstić information content (AvgIpc) is 2.46. The molecule has 0 radical (unpaired) electrons. The van der Waals surface area contributed by atoms with Crippen LogP contribution in [0.25, 0.3) is 0 Å². The zero-order chi connectivity index (χ0) is 14.7. The summed E-state index contributed by atoms with van der Waals surface area (Å²) in [5.41, 5.74) is -0.296. The predicted molar refractivity (Wildman–Crippen MR) is 72.0 cm³/mol. The molecule has 0 spiro atoms. The molecule has 0 saturated carbocycles. The van der Waals surface area contributed by atoms with Crippen LogP contribution in [0.5, 0.6) is 0 Å². The fraction of sp³-hybridized carbons (Fsp3) is 0.538. The first-order valence-corrected chi connectivity index (χ1v) is 6.59. The Hall–Kier alpha value is -2.18. The summed E-state index contributed by atoms with van der Waals surface area (Å²) in [6.45, 7) is 5.23. The highest BCUT2D eigenvalue weighted by Gasteiger charge is 2.27. The lowest BCUT2D eigenvalue weighted by Crippen LogP contribution is -2.52. The molecule has 2 heterocycles. The first-order valence-electron chi connectivity index (χ1n) is 6.59. The Balaban J connectivity index is 2.04. The van der Waals surface area contributed by atoms with Crippen LogP contribution in [0, 0.1) is 0 Å². The Morgan fingerprint density at radius 3 is 2.35 bits per heavy atom. The first-order chi connectivity index (χ1) is 9.50. The van der Waals surface area contributed by atoms with Gasteiger partial charge in [-0.3, -0.25) is 14.4 Å². The molecule has 0 aromatic carbocycles. The maximum Gasteiger partial charge on any atom is 0.267 e. The largest absolute Gasteiger partial charge is 0.339 e. The van der Waals surface area contributed by atoms with Crippen molar-refractivity contribution >= 4 is 11.8 Å². The van der Waals surface area contributed by atoms with Crippen molar-refractivity contribution in [2.24, 2.45) is 0 Å². The van der Waals surface area contributed by atoms with Crippen molar-refractivity contribution in [3.63, 3.8) is 0 Å². The number of amides is 2. The third-order valence-electron chi connectivity index (χ3n) is 3.50. The van der Waals surface area contributed by atoms with Crippen molar-refractivity contribution in [1.82, 2.24) is 19.6 Å². The summed E-state index contributed by atoms with van der Waals surface area (Å²) in [5, 5.41) is 3.93. The molecule has 7 heteroatoms. The third kappa shape index (κ3) is 2.87. The van der Waals surface area contributed by atoms with Crippen LogP contribution in [-0.4, -0.2) is 57.6 Å². The number of aromatic nitrogens is 2.